The highest BCUT2D eigenvalue weighted by Gasteiger charge is 2.11. The Morgan fingerprint density at radius 1 is 1.27 bits per heavy atom. The lowest BCUT2D eigenvalue weighted by Gasteiger charge is -2.26. The summed E-state index contributed by atoms with van der Waals surface area (Å²) in [5.74, 6) is 0.596. The molecule has 0 aromatic heterocycles. The van der Waals surface area contributed by atoms with E-state index in [1.807, 2.05) is 24.3 Å². The quantitative estimate of drug-likeness (QED) is 0.540. The molecule has 1 aromatic carbocycles. The smallest absolute Gasteiger partial charge is 0.241 e. The van der Waals surface area contributed by atoms with E-state index < -0.39 is 0 Å². The largest absolute Gasteiger partial charge is 0.379 e. The molecule has 1 aliphatic heterocycles. The number of nitrogens with zero attached hydrogens (tertiary/aromatic N) is 3. The zero-order valence-corrected chi connectivity index (χ0v) is 16.3. The van der Waals surface area contributed by atoms with Crippen LogP contribution in [0, 0.1) is 0 Å². The van der Waals surface area contributed by atoms with Crippen molar-refractivity contribution < 1.29 is 9.53 Å². The Hall–Kier alpha value is -1.83. The number of rotatable bonds is 7. The predicted molar refractivity (Wildman–Crippen MR) is 105 cm³/mol. The van der Waals surface area contributed by atoms with E-state index in [2.05, 4.69) is 20.5 Å². The average Bonchev–Trinajstić information content (AvgIpc) is 2.65. The van der Waals surface area contributed by atoms with Crippen molar-refractivity contribution >= 4 is 23.5 Å². The highest BCUT2D eigenvalue weighted by atomic mass is 35.5. The monoisotopic (exact) mass is 381 g/mol. The molecule has 2 N–H and O–H groups in total. The summed E-state index contributed by atoms with van der Waals surface area (Å²) in [6.45, 7) is 5.73. The van der Waals surface area contributed by atoms with Crippen molar-refractivity contribution in [2.45, 2.75) is 6.54 Å². The molecule has 0 radical (unpaired) electrons. The summed E-state index contributed by atoms with van der Waals surface area (Å²) in [7, 11) is 3.47. The van der Waals surface area contributed by atoms with Gasteiger partial charge in [0, 0.05) is 45.3 Å². The number of hydrogen-bond acceptors (Lipinski definition) is 4. The van der Waals surface area contributed by atoms with Gasteiger partial charge in [0.2, 0.25) is 5.91 Å². The summed E-state index contributed by atoms with van der Waals surface area (Å²) in [5, 5.41) is 7.07. The summed E-state index contributed by atoms with van der Waals surface area (Å²) < 4.78 is 5.36. The van der Waals surface area contributed by atoms with Crippen LogP contribution in [0.5, 0.6) is 0 Å². The number of ether oxygens (including phenoxy) is 1. The molecule has 0 spiro atoms. The number of nitrogens with one attached hydrogen (secondary N) is 2. The van der Waals surface area contributed by atoms with Gasteiger partial charge in [-0.1, -0.05) is 29.8 Å². The van der Waals surface area contributed by atoms with Crippen LogP contribution in [0.25, 0.3) is 0 Å². The lowest BCUT2D eigenvalue weighted by Crippen LogP contribution is -2.46. The molecule has 0 unspecified atom stereocenters. The van der Waals surface area contributed by atoms with E-state index >= 15 is 0 Å². The second kappa shape index (κ2) is 11.0. The molecule has 1 aromatic rings. The molecular weight excluding hydrogens is 354 g/mol. The number of morpholine rings is 1. The van der Waals surface area contributed by atoms with Crippen LogP contribution in [0.15, 0.2) is 29.3 Å². The van der Waals surface area contributed by atoms with Crippen LogP contribution in [0.1, 0.15) is 5.56 Å². The minimum Gasteiger partial charge on any atom is -0.379 e. The molecule has 2 rings (SSSR count). The second-order valence-electron chi connectivity index (χ2n) is 6.28. The Morgan fingerprint density at radius 2 is 2.00 bits per heavy atom. The molecular formula is C18H28ClN5O2. The van der Waals surface area contributed by atoms with E-state index in [-0.39, 0.29) is 12.5 Å². The lowest BCUT2D eigenvalue weighted by atomic mass is 10.2. The number of halogens is 1. The molecule has 7 nitrogen and oxygen atoms in total. The van der Waals surface area contributed by atoms with E-state index in [1.165, 1.54) is 0 Å². The Labute approximate surface area is 160 Å². The zero-order chi connectivity index (χ0) is 18.8. The van der Waals surface area contributed by atoms with E-state index in [4.69, 9.17) is 16.3 Å². The molecule has 26 heavy (non-hydrogen) atoms. The Morgan fingerprint density at radius 3 is 2.69 bits per heavy atom. The Kier molecular flexibility index (Phi) is 8.67. The number of benzene rings is 1. The molecule has 1 aliphatic rings. The molecule has 0 bridgehead atoms. The summed E-state index contributed by atoms with van der Waals surface area (Å²) in [6, 6.07) is 7.62. The van der Waals surface area contributed by atoms with Gasteiger partial charge in [-0.2, -0.15) is 0 Å². The average molecular weight is 382 g/mol. The number of carbonyl (C=O) groups excluding carboxylic acids is 1. The van der Waals surface area contributed by atoms with Gasteiger partial charge in [-0.3, -0.25) is 9.69 Å². The van der Waals surface area contributed by atoms with Crippen molar-refractivity contribution in [1.82, 2.24) is 20.4 Å². The molecule has 1 saturated heterocycles. The first kappa shape index (κ1) is 20.5. The first-order valence-corrected chi connectivity index (χ1v) is 9.20. The Balaban J connectivity index is 1.90. The van der Waals surface area contributed by atoms with Crippen LogP contribution in [0.2, 0.25) is 5.02 Å². The predicted octanol–water partition coefficient (Wildman–Crippen LogP) is 0.796. The van der Waals surface area contributed by atoms with E-state index in [0.717, 1.165) is 45.0 Å². The van der Waals surface area contributed by atoms with Crippen molar-refractivity contribution in [3.63, 3.8) is 0 Å². The molecule has 8 heteroatoms. The fourth-order valence-electron chi connectivity index (χ4n) is 2.44. The van der Waals surface area contributed by atoms with Crippen LogP contribution in [-0.2, 0) is 16.1 Å². The topological polar surface area (TPSA) is 69.2 Å². The summed E-state index contributed by atoms with van der Waals surface area (Å²) in [5.41, 5.74) is 0.947. The summed E-state index contributed by atoms with van der Waals surface area (Å²) >= 11 is 6.19. The Bertz CT molecular complexity index is 603. The number of aliphatic imine (C=N–C) groups is 1. The van der Waals surface area contributed by atoms with Crippen LogP contribution in [0.3, 0.4) is 0 Å². The van der Waals surface area contributed by atoms with Crippen molar-refractivity contribution in [2.75, 3.05) is 60.0 Å². The normalized spacial score (nSPS) is 15.6. The maximum Gasteiger partial charge on any atom is 0.241 e. The number of carbonyl (C=O) groups is 1. The van der Waals surface area contributed by atoms with E-state index in [1.54, 1.807) is 19.0 Å². The standard InChI is InChI=1S/C18H28ClN5O2/c1-23(2)17(25)14-22-18(20-7-8-24-9-11-26-12-10-24)21-13-15-5-3-4-6-16(15)19/h3-6H,7-14H2,1-2H3,(H2,20,21,22). The first-order chi connectivity index (χ1) is 12.6. The highest BCUT2D eigenvalue weighted by molar-refractivity contribution is 6.31. The van der Waals surface area contributed by atoms with Crippen molar-refractivity contribution in [1.29, 1.82) is 0 Å². The summed E-state index contributed by atoms with van der Waals surface area (Å²) in [4.78, 5) is 20.3. The van der Waals surface area contributed by atoms with Gasteiger partial charge in [0.05, 0.1) is 26.3 Å². The number of likely N-dealkylation sites (N-methyl/N-ethyl adjacent to an activating group) is 1. The van der Waals surface area contributed by atoms with Crippen LogP contribution in [0.4, 0.5) is 0 Å². The minimum absolute atomic E-state index is 0.00887. The number of amides is 1. The van der Waals surface area contributed by atoms with Crippen molar-refractivity contribution in [2.24, 2.45) is 4.99 Å². The van der Waals surface area contributed by atoms with Gasteiger partial charge in [0.25, 0.3) is 0 Å². The molecule has 1 fully saturated rings. The van der Waals surface area contributed by atoms with Gasteiger partial charge < -0.3 is 20.3 Å². The molecule has 1 heterocycles. The van der Waals surface area contributed by atoms with Gasteiger partial charge in [0.1, 0.15) is 0 Å². The third kappa shape index (κ3) is 7.19. The number of guanidine groups is 1. The second-order valence-corrected chi connectivity index (χ2v) is 6.69. The van der Waals surface area contributed by atoms with Crippen molar-refractivity contribution in [3.8, 4) is 0 Å². The van der Waals surface area contributed by atoms with Gasteiger partial charge in [-0.15, -0.1) is 0 Å². The molecule has 1 amide bonds. The SMILES string of the molecule is CN(C)C(=O)CNC(=NCc1ccccc1Cl)NCCN1CCOCC1. The maximum absolute atomic E-state index is 11.8. The van der Waals surface area contributed by atoms with E-state index in [9.17, 15) is 4.79 Å². The van der Waals surface area contributed by atoms with Crippen LogP contribution < -0.4 is 10.6 Å². The van der Waals surface area contributed by atoms with Gasteiger partial charge in [-0.25, -0.2) is 4.99 Å². The fraction of sp³-hybridized carbons (Fsp3) is 0.556. The third-order valence-electron chi connectivity index (χ3n) is 4.10. The van der Waals surface area contributed by atoms with Crippen LogP contribution in [-0.4, -0.2) is 81.7 Å². The maximum atomic E-state index is 11.8. The molecule has 0 saturated carbocycles. The van der Waals surface area contributed by atoms with Gasteiger partial charge in [0.15, 0.2) is 5.96 Å². The fourth-order valence-corrected chi connectivity index (χ4v) is 2.64. The minimum atomic E-state index is -0.00887. The van der Waals surface area contributed by atoms with Gasteiger partial charge >= 0.3 is 0 Å². The zero-order valence-electron chi connectivity index (χ0n) is 15.5. The number of hydrogen-bond donors (Lipinski definition) is 2. The highest BCUT2D eigenvalue weighted by Crippen LogP contribution is 2.15. The molecule has 144 valence electrons. The van der Waals surface area contributed by atoms with Crippen molar-refractivity contribution in [3.05, 3.63) is 34.9 Å². The summed E-state index contributed by atoms with van der Waals surface area (Å²) in [6.07, 6.45) is 0. The molecule has 0 atom stereocenters. The van der Waals surface area contributed by atoms with E-state index in [0.29, 0.717) is 17.5 Å². The molecule has 0 aliphatic carbocycles. The first-order valence-electron chi connectivity index (χ1n) is 8.82. The third-order valence-corrected chi connectivity index (χ3v) is 4.46. The van der Waals surface area contributed by atoms with Crippen LogP contribution >= 0.6 is 11.6 Å². The lowest BCUT2D eigenvalue weighted by molar-refractivity contribution is -0.127. The van der Waals surface area contributed by atoms with Gasteiger partial charge in [-0.05, 0) is 11.6 Å².